The lowest BCUT2D eigenvalue weighted by atomic mass is 10.1. The van der Waals surface area contributed by atoms with Crippen molar-refractivity contribution >= 4 is 46.4 Å². The number of nitrogens with one attached hydrogen (secondary N) is 2. The SMILES string of the molecule is CCOc1cc(NNC(=O)[C@H]2CC(=O)N(c3ccc(CC)cc3)C2)ccc1OCc1c(Cl)cccc1Cl. The summed E-state index contributed by atoms with van der Waals surface area (Å²) in [5, 5.41) is 1.04. The second-order valence-corrected chi connectivity index (χ2v) is 9.44. The lowest BCUT2D eigenvalue weighted by Gasteiger charge is -2.18. The molecule has 3 aromatic rings. The van der Waals surface area contributed by atoms with Crippen LogP contribution in [-0.2, 0) is 22.6 Å². The first-order valence-corrected chi connectivity index (χ1v) is 12.9. The van der Waals surface area contributed by atoms with Crippen molar-refractivity contribution in [3.8, 4) is 11.5 Å². The number of anilines is 2. The van der Waals surface area contributed by atoms with Crippen molar-refractivity contribution in [1.29, 1.82) is 0 Å². The molecule has 0 saturated carbocycles. The second kappa shape index (κ2) is 12.2. The minimum atomic E-state index is -0.458. The topological polar surface area (TPSA) is 79.9 Å². The van der Waals surface area contributed by atoms with Gasteiger partial charge in [-0.15, -0.1) is 0 Å². The molecule has 0 radical (unpaired) electrons. The fourth-order valence-electron chi connectivity index (χ4n) is 4.07. The van der Waals surface area contributed by atoms with Crippen molar-refractivity contribution in [2.45, 2.75) is 33.3 Å². The van der Waals surface area contributed by atoms with E-state index in [4.69, 9.17) is 32.7 Å². The van der Waals surface area contributed by atoms with Gasteiger partial charge in [-0.05, 0) is 55.3 Å². The number of hydrogen-bond donors (Lipinski definition) is 2. The molecule has 1 aliphatic heterocycles. The number of halogens is 2. The maximum atomic E-state index is 12.8. The van der Waals surface area contributed by atoms with Gasteiger partial charge in [0.15, 0.2) is 11.5 Å². The normalized spacial score (nSPS) is 15.0. The highest BCUT2D eigenvalue weighted by molar-refractivity contribution is 6.35. The van der Waals surface area contributed by atoms with Gasteiger partial charge in [0, 0.05) is 40.3 Å². The van der Waals surface area contributed by atoms with Gasteiger partial charge in [0.05, 0.1) is 18.2 Å². The van der Waals surface area contributed by atoms with Gasteiger partial charge in [-0.1, -0.05) is 48.3 Å². The molecule has 1 saturated heterocycles. The summed E-state index contributed by atoms with van der Waals surface area (Å²) in [5.74, 6) is 0.236. The van der Waals surface area contributed by atoms with Gasteiger partial charge < -0.3 is 14.4 Å². The number of ether oxygens (including phenoxy) is 2. The fraction of sp³-hybridized carbons (Fsp3) is 0.286. The Morgan fingerprint density at radius 3 is 2.41 bits per heavy atom. The number of carbonyl (C=O) groups excluding carboxylic acids is 2. The Balaban J connectivity index is 1.36. The molecule has 1 atom stereocenters. The van der Waals surface area contributed by atoms with Crippen LogP contribution in [0.3, 0.4) is 0 Å². The number of hydrazine groups is 1. The van der Waals surface area contributed by atoms with Crippen molar-refractivity contribution in [3.63, 3.8) is 0 Å². The van der Waals surface area contributed by atoms with Gasteiger partial charge in [0.1, 0.15) is 6.61 Å². The Morgan fingerprint density at radius 2 is 1.73 bits per heavy atom. The van der Waals surface area contributed by atoms with Crippen LogP contribution in [0.25, 0.3) is 0 Å². The third-order valence-corrected chi connectivity index (χ3v) is 6.87. The van der Waals surface area contributed by atoms with Crippen LogP contribution in [0.2, 0.25) is 10.0 Å². The molecule has 4 rings (SSSR count). The van der Waals surface area contributed by atoms with E-state index in [9.17, 15) is 9.59 Å². The van der Waals surface area contributed by atoms with Crippen LogP contribution in [0.5, 0.6) is 11.5 Å². The van der Waals surface area contributed by atoms with E-state index in [1.807, 2.05) is 31.2 Å². The number of amides is 2. The Morgan fingerprint density at radius 1 is 1.00 bits per heavy atom. The number of hydrogen-bond acceptors (Lipinski definition) is 5. The van der Waals surface area contributed by atoms with Crippen LogP contribution in [-0.4, -0.2) is 25.0 Å². The molecule has 2 N–H and O–H groups in total. The lowest BCUT2D eigenvalue weighted by molar-refractivity contribution is -0.125. The average molecular weight is 542 g/mol. The molecule has 1 aliphatic rings. The molecule has 0 unspecified atom stereocenters. The summed E-state index contributed by atoms with van der Waals surface area (Å²) < 4.78 is 11.7. The van der Waals surface area contributed by atoms with Crippen LogP contribution in [0, 0.1) is 5.92 Å². The quantitative estimate of drug-likeness (QED) is 0.306. The zero-order valence-corrected chi connectivity index (χ0v) is 22.2. The van der Waals surface area contributed by atoms with Gasteiger partial charge in [-0.2, -0.15) is 0 Å². The van der Waals surface area contributed by atoms with Crippen LogP contribution < -0.4 is 25.2 Å². The molecule has 194 valence electrons. The molecular weight excluding hydrogens is 513 g/mol. The molecule has 9 heteroatoms. The monoisotopic (exact) mass is 541 g/mol. The van der Waals surface area contributed by atoms with Crippen molar-refractivity contribution in [2.24, 2.45) is 5.92 Å². The fourth-order valence-corrected chi connectivity index (χ4v) is 4.58. The molecule has 1 fully saturated rings. The first-order valence-electron chi connectivity index (χ1n) is 12.2. The zero-order chi connectivity index (χ0) is 26.4. The Labute approximate surface area is 226 Å². The van der Waals surface area contributed by atoms with Crippen molar-refractivity contribution in [2.75, 3.05) is 23.5 Å². The third kappa shape index (κ3) is 6.48. The van der Waals surface area contributed by atoms with Crippen LogP contribution in [0.15, 0.2) is 60.7 Å². The Kier molecular flexibility index (Phi) is 8.79. The van der Waals surface area contributed by atoms with Crippen molar-refractivity contribution < 1.29 is 19.1 Å². The van der Waals surface area contributed by atoms with Gasteiger partial charge in [-0.25, -0.2) is 0 Å². The largest absolute Gasteiger partial charge is 0.490 e. The number of aryl methyl sites for hydroxylation is 1. The molecule has 37 heavy (non-hydrogen) atoms. The standard InChI is InChI=1S/C28H29Cl2N3O4/c1-3-18-8-11-21(12-9-18)33-16-19(14-27(33)34)28(35)32-31-20-10-13-25(26(15-20)36-4-2)37-17-22-23(29)6-5-7-24(22)30/h5-13,15,19,31H,3-4,14,16-17H2,1-2H3,(H,32,35)/t19-/m0/s1. The van der Waals surface area contributed by atoms with Crippen molar-refractivity contribution in [1.82, 2.24) is 5.43 Å². The van der Waals surface area contributed by atoms with Crippen molar-refractivity contribution in [3.05, 3.63) is 81.8 Å². The number of rotatable bonds is 10. The molecule has 3 aromatic carbocycles. The summed E-state index contributed by atoms with van der Waals surface area (Å²) in [5.41, 5.74) is 8.93. The third-order valence-electron chi connectivity index (χ3n) is 6.16. The molecule has 2 amide bonds. The first kappa shape index (κ1) is 26.6. The second-order valence-electron chi connectivity index (χ2n) is 8.62. The molecular formula is C28H29Cl2N3O4. The summed E-state index contributed by atoms with van der Waals surface area (Å²) in [6, 6.07) is 18.4. The predicted molar refractivity (Wildman–Crippen MR) is 146 cm³/mol. The van der Waals surface area contributed by atoms with Gasteiger partial charge in [0.2, 0.25) is 11.8 Å². The highest BCUT2D eigenvalue weighted by Gasteiger charge is 2.35. The summed E-state index contributed by atoms with van der Waals surface area (Å²) >= 11 is 12.5. The van der Waals surface area contributed by atoms with Gasteiger partial charge >= 0.3 is 0 Å². The highest BCUT2D eigenvalue weighted by Crippen LogP contribution is 2.33. The van der Waals surface area contributed by atoms with Crippen LogP contribution >= 0.6 is 23.2 Å². The van der Waals surface area contributed by atoms with Crippen LogP contribution in [0.1, 0.15) is 31.4 Å². The van der Waals surface area contributed by atoms with E-state index >= 15 is 0 Å². The van der Waals surface area contributed by atoms with E-state index in [-0.39, 0.29) is 24.8 Å². The zero-order valence-electron chi connectivity index (χ0n) is 20.7. The predicted octanol–water partition coefficient (Wildman–Crippen LogP) is 6.03. The van der Waals surface area contributed by atoms with Crippen LogP contribution in [0.4, 0.5) is 11.4 Å². The van der Waals surface area contributed by atoms with E-state index in [1.54, 1.807) is 41.3 Å². The van der Waals surface area contributed by atoms with E-state index < -0.39 is 5.92 Å². The minimum Gasteiger partial charge on any atom is -0.490 e. The summed E-state index contributed by atoms with van der Waals surface area (Å²) in [6.45, 7) is 4.89. The van der Waals surface area contributed by atoms with Gasteiger partial charge in [0.25, 0.3) is 0 Å². The molecule has 0 aromatic heterocycles. The molecule has 7 nitrogen and oxygen atoms in total. The Bertz CT molecular complexity index is 1250. The number of nitrogens with zero attached hydrogens (tertiary/aromatic N) is 1. The van der Waals surface area contributed by atoms with E-state index in [1.165, 1.54) is 5.56 Å². The molecule has 1 heterocycles. The maximum Gasteiger partial charge on any atom is 0.243 e. The Hall–Kier alpha value is -3.42. The molecule has 0 spiro atoms. The summed E-state index contributed by atoms with van der Waals surface area (Å²) in [6.07, 6.45) is 1.09. The number of benzene rings is 3. The average Bonchev–Trinajstić information content (AvgIpc) is 3.29. The highest BCUT2D eigenvalue weighted by atomic mass is 35.5. The molecule has 0 aliphatic carbocycles. The van der Waals surface area contributed by atoms with E-state index in [0.717, 1.165) is 12.1 Å². The van der Waals surface area contributed by atoms with E-state index in [0.29, 0.717) is 45.9 Å². The number of carbonyl (C=O) groups is 2. The maximum absolute atomic E-state index is 12.8. The smallest absolute Gasteiger partial charge is 0.243 e. The first-order chi connectivity index (χ1) is 17.9. The summed E-state index contributed by atoms with van der Waals surface area (Å²) in [7, 11) is 0. The summed E-state index contributed by atoms with van der Waals surface area (Å²) in [4.78, 5) is 27.0. The molecule has 0 bridgehead atoms. The van der Waals surface area contributed by atoms with E-state index in [2.05, 4.69) is 17.8 Å². The lowest BCUT2D eigenvalue weighted by Crippen LogP contribution is -2.36. The minimum absolute atomic E-state index is 0.0665. The van der Waals surface area contributed by atoms with Gasteiger partial charge in [-0.3, -0.25) is 20.4 Å².